The summed E-state index contributed by atoms with van der Waals surface area (Å²) in [6.07, 6.45) is 2.37. The van der Waals surface area contributed by atoms with E-state index in [0.717, 1.165) is 30.4 Å². The van der Waals surface area contributed by atoms with Crippen LogP contribution in [0.3, 0.4) is 0 Å². The van der Waals surface area contributed by atoms with E-state index in [0.29, 0.717) is 10.0 Å². The molecule has 0 aromatic heterocycles. The lowest BCUT2D eigenvalue weighted by Crippen LogP contribution is -2.33. The third-order valence-corrected chi connectivity index (χ3v) is 4.11. The molecule has 0 bridgehead atoms. The summed E-state index contributed by atoms with van der Waals surface area (Å²) in [5.41, 5.74) is 1.73. The molecule has 2 aromatic carbocycles. The van der Waals surface area contributed by atoms with Crippen LogP contribution in [0, 0.1) is 0 Å². The van der Waals surface area contributed by atoms with Gasteiger partial charge in [0.1, 0.15) is 0 Å². The number of benzene rings is 2. The van der Waals surface area contributed by atoms with Crippen molar-refractivity contribution in [3.05, 3.63) is 58.6 Å². The van der Waals surface area contributed by atoms with Gasteiger partial charge in [0.25, 0.3) is 0 Å². The number of nitrogens with zero attached hydrogens (tertiary/aromatic N) is 2. The molecule has 114 valence electrons. The lowest BCUT2D eigenvalue weighted by Gasteiger charge is -2.21. The Morgan fingerprint density at radius 1 is 1.00 bits per heavy atom. The molecule has 0 atom stereocenters. The normalized spacial score (nSPS) is 15.2. The predicted molar refractivity (Wildman–Crippen MR) is 94.4 cm³/mol. The van der Waals surface area contributed by atoms with Gasteiger partial charge in [0, 0.05) is 23.8 Å². The van der Waals surface area contributed by atoms with Crippen LogP contribution in [-0.2, 0) is 0 Å². The molecule has 0 saturated carbocycles. The monoisotopic (exact) mass is 333 g/mol. The molecule has 2 aromatic rings. The zero-order chi connectivity index (χ0) is 15.4. The molecular formula is C17H17Cl2N3. The van der Waals surface area contributed by atoms with E-state index in [9.17, 15) is 0 Å². The summed E-state index contributed by atoms with van der Waals surface area (Å²) < 4.78 is 0. The van der Waals surface area contributed by atoms with Crippen LogP contribution in [0.15, 0.2) is 53.5 Å². The maximum atomic E-state index is 6.25. The van der Waals surface area contributed by atoms with Crippen molar-refractivity contribution >= 4 is 40.5 Å². The number of guanidine groups is 1. The number of halogens is 2. The van der Waals surface area contributed by atoms with Crippen molar-refractivity contribution in [2.45, 2.75) is 12.8 Å². The Kier molecular flexibility index (Phi) is 4.86. The molecule has 0 unspecified atom stereocenters. The van der Waals surface area contributed by atoms with Gasteiger partial charge in [0.15, 0.2) is 0 Å². The summed E-state index contributed by atoms with van der Waals surface area (Å²) >= 11 is 12.2. The van der Waals surface area contributed by atoms with Gasteiger partial charge in [-0.2, -0.15) is 0 Å². The standard InChI is InChI=1S/C17H17Cl2N3/c18-13-8-9-16(15(19)12-13)21-17(22-10-4-5-11-22)20-14-6-2-1-3-7-14/h1-3,6-9,12H,4-5,10-11H2,(H,20,21). The molecule has 0 aliphatic carbocycles. The number of anilines is 1. The molecule has 1 aliphatic rings. The second-order valence-electron chi connectivity index (χ2n) is 5.22. The first kappa shape index (κ1) is 15.2. The van der Waals surface area contributed by atoms with E-state index in [1.807, 2.05) is 36.4 Å². The highest BCUT2D eigenvalue weighted by Crippen LogP contribution is 2.28. The van der Waals surface area contributed by atoms with Crippen molar-refractivity contribution in [2.75, 3.05) is 18.4 Å². The van der Waals surface area contributed by atoms with Crippen LogP contribution in [0.4, 0.5) is 11.4 Å². The van der Waals surface area contributed by atoms with Crippen molar-refractivity contribution in [2.24, 2.45) is 4.99 Å². The van der Waals surface area contributed by atoms with Crippen molar-refractivity contribution < 1.29 is 0 Å². The minimum atomic E-state index is 0.555. The van der Waals surface area contributed by atoms with E-state index >= 15 is 0 Å². The van der Waals surface area contributed by atoms with Crippen LogP contribution in [-0.4, -0.2) is 23.9 Å². The molecule has 22 heavy (non-hydrogen) atoms. The van der Waals surface area contributed by atoms with Crippen LogP contribution in [0.1, 0.15) is 12.8 Å². The van der Waals surface area contributed by atoms with Gasteiger partial charge in [0.2, 0.25) is 5.96 Å². The first-order chi connectivity index (χ1) is 10.7. The lowest BCUT2D eigenvalue weighted by atomic mass is 10.3. The average Bonchev–Trinajstić information content (AvgIpc) is 3.04. The Labute approximate surface area is 140 Å². The number of hydrogen-bond donors (Lipinski definition) is 1. The molecule has 3 nitrogen and oxygen atoms in total. The Balaban J connectivity index is 1.91. The minimum Gasteiger partial charge on any atom is -0.342 e. The average molecular weight is 334 g/mol. The first-order valence-electron chi connectivity index (χ1n) is 7.33. The van der Waals surface area contributed by atoms with Gasteiger partial charge in [-0.25, -0.2) is 4.99 Å². The fourth-order valence-corrected chi connectivity index (χ4v) is 2.89. The zero-order valence-corrected chi connectivity index (χ0v) is 13.6. The van der Waals surface area contributed by atoms with Gasteiger partial charge in [-0.1, -0.05) is 41.4 Å². The summed E-state index contributed by atoms with van der Waals surface area (Å²) in [6, 6.07) is 15.4. The fraction of sp³-hybridized carbons (Fsp3) is 0.235. The number of hydrogen-bond acceptors (Lipinski definition) is 1. The lowest BCUT2D eigenvalue weighted by molar-refractivity contribution is 0.518. The molecule has 1 aliphatic heterocycles. The molecule has 1 N–H and O–H groups in total. The fourth-order valence-electron chi connectivity index (χ4n) is 2.44. The molecule has 1 fully saturated rings. The summed E-state index contributed by atoms with van der Waals surface area (Å²) in [5, 5.41) is 4.56. The second kappa shape index (κ2) is 7.03. The Hall–Kier alpha value is -1.71. The molecular weight excluding hydrogens is 317 g/mol. The van der Waals surface area contributed by atoms with Crippen molar-refractivity contribution in [1.29, 1.82) is 0 Å². The minimum absolute atomic E-state index is 0.555. The van der Waals surface area contributed by atoms with Crippen LogP contribution in [0.25, 0.3) is 0 Å². The van der Waals surface area contributed by atoms with Gasteiger partial charge >= 0.3 is 0 Å². The van der Waals surface area contributed by atoms with Gasteiger partial charge in [-0.3, -0.25) is 0 Å². The van der Waals surface area contributed by atoms with E-state index in [-0.39, 0.29) is 0 Å². The highest BCUT2D eigenvalue weighted by Gasteiger charge is 2.17. The van der Waals surface area contributed by atoms with E-state index in [4.69, 9.17) is 28.2 Å². The summed E-state index contributed by atoms with van der Waals surface area (Å²) in [5.74, 6) is 0.827. The quantitative estimate of drug-likeness (QED) is 0.605. The van der Waals surface area contributed by atoms with E-state index in [1.54, 1.807) is 12.1 Å². The Bertz CT molecular complexity index is 665. The highest BCUT2D eigenvalue weighted by molar-refractivity contribution is 6.36. The molecule has 5 heteroatoms. The topological polar surface area (TPSA) is 27.6 Å². The Morgan fingerprint density at radius 2 is 1.73 bits per heavy atom. The number of nitrogens with one attached hydrogen (secondary N) is 1. The molecule has 1 heterocycles. The third kappa shape index (κ3) is 3.73. The van der Waals surface area contributed by atoms with Gasteiger partial charge in [-0.15, -0.1) is 0 Å². The molecule has 0 spiro atoms. The Morgan fingerprint density at radius 3 is 2.41 bits per heavy atom. The number of aliphatic imine (C=N–C) groups is 1. The largest absolute Gasteiger partial charge is 0.342 e. The first-order valence-corrected chi connectivity index (χ1v) is 8.09. The van der Waals surface area contributed by atoms with E-state index in [2.05, 4.69) is 10.2 Å². The number of para-hydroxylation sites is 1. The second-order valence-corrected chi connectivity index (χ2v) is 6.06. The highest BCUT2D eigenvalue weighted by atomic mass is 35.5. The maximum Gasteiger partial charge on any atom is 0.203 e. The van der Waals surface area contributed by atoms with Crippen LogP contribution in [0.2, 0.25) is 10.0 Å². The van der Waals surface area contributed by atoms with Crippen molar-refractivity contribution in [3.63, 3.8) is 0 Å². The van der Waals surface area contributed by atoms with Crippen molar-refractivity contribution in [1.82, 2.24) is 4.90 Å². The van der Waals surface area contributed by atoms with E-state index < -0.39 is 0 Å². The van der Waals surface area contributed by atoms with Gasteiger partial charge < -0.3 is 10.2 Å². The van der Waals surface area contributed by atoms with Crippen LogP contribution >= 0.6 is 23.2 Å². The van der Waals surface area contributed by atoms with Gasteiger partial charge in [-0.05, 0) is 43.2 Å². The third-order valence-electron chi connectivity index (χ3n) is 3.57. The van der Waals surface area contributed by atoms with E-state index in [1.165, 1.54) is 12.8 Å². The van der Waals surface area contributed by atoms with Gasteiger partial charge in [0.05, 0.1) is 10.7 Å². The maximum absolute atomic E-state index is 6.25. The smallest absolute Gasteiger partial charge is 0.203 e. The number of likely N-dealkylation sites (tertiary alicyclic amines) is 1. The SMILES string of the molecule is Clc1ccc(N=C(Nc2ccccc2)N2CCCC2)c(Cl)c1. The predicted octanol–water partition coefficient (Wildman–Crippen LogP) is 5.19. The summed E-state index contributed by atoms with van der Waals surface area (Å²) in [4.78, 5) is 6.97. The summed E-state index contributed by atoms with van der Waals surface area (Å²) in [6.45, 7) is 2.01. The molecule has 3 rings (SSSR count). The van der Waals surface area contributed by atoms with Crippen molar-refractivity contribution in [3.8, 4) is 0 Å². The van der Waals surface area contributed by atoms with Crippen LogP contribution in [0.5, 0.6) is 0 Å². The number of rotatable bonds is 2. The molecule has 1 saturated heterocycles. The zero-order valence-electron chi connectivity index (χ0n) is 12.1. The van der Waals surface area contributed by atoms with Crippen LogP contribution < -0.4 is 5.32 Å². The summed E-state index contributed by atoms with van der Waals surface area (Å²) in [7, 11) is 0. The molecule has 0 amide bonds. The molecule has 0 radical (unpaired) electrons.